The topological polar surface area (TPSA) is 54.0 Å². The van der Waals surface area contributed by atoms with E-state index >= 15 is 0 Å². The molecule has 1 heterocycles. The number of aliphatic hydroxyl groups excluding tert-OH is 1. The Hall–Kier alpha value is -0.200. The zero-order valence-electron chi connectivity index (χ0n) is 11.9. The third-order valence-electron chi connectivity index (χ3n) is 3.59. The van der Waals surface area contributed by atoms with E-state index in [2.05, 4.69) is 24.2 Å². The number of piperidine rings is 1. The van der Waals surface area contributed by atoms with Crippen LogP contribution in [-0.4, -0.2) is 75.3 Å². The smallest absolute Gasteiger partial charge is 0.0897 e. The van der Waals surface area contributed by atoms with Crippen molar-refractivity contribution in [3.8, 4) is 0 Å². The van der Waals surface area contributed by atoms with Crippen molar-refractivity contribution in [1.82, 2.24) is 10.2 Å². The maximum Gasteiger partial charge on any atom is 0.0897 e. The van der Waals surface area contributed by atoms with Crippen LogP contribution in [0.1, 0.15) is 19.8 Å². The van der Waals surface area contributed by atoms with E-state index in [9.17, 15) is 5.11 Å². The van der Waals surface area contributed by atoms with Crippen LogP contribution >= 0.6 is 0 Å². The Morgan fingerprint density at radius 2 is 2.22 bits per heavy atom. The van der Waals surface area contributed by atoms with Gasteiger partial charge in [0.25, 0.3) is 0 Å². The molecule has 1 saturated heterocycles. The van der Waals surface area contributed by atoms with Gasteiger partial charge in [0.15, 0.2) is 0 Å². The fourth-order valence-electron chi connectivity index (χ4n) is 2.20. The van der Waals surface area contributed by atoms with Crippen LogP contribution in [0.5, 0.6) is 0 Å². The van der Waals surface area contributed by atoms with Gasteiger partial charge < -0.3 is 24.8 Å². The molecule has 0 radical (unpaired) electrons. The summed E-state index contributed by atoms with van der Waals surface area (Å²) < 4.78 is 10.2. The van der Waals surface area contributed by atoms with Crippen molar-refractivity contribution >= 4 is 0 Å². The van der Waals surface area contributed by atoms with Crippen molar-refractivity contribution < 1.29 is 14.6 Å². The second kappa shape index (κ2) is 8.82. The van der Waals surface area contributed by atoms with Gasteiger partial charge in [-0.1, -0.05) is 0 Å². The zero-order chi connectivity index (χ0) is 13.4. The average Bonchev–Trinajstić information content (AvgIpc) is 2.36. The molecule has 0 spiro atoms. The minimum Gasteiger partial charge on any atom is -0.389 e. The van der Waals surface area contributed by atoms with Crippen LogP contribution in [0.15, 0.2) is 0 Å². The van der Waals surface area contributed by atoms with Crippen molar-refractivity contribution in [2.75, 3.05) is 47.1 Å². The van der Waals surface area contributed by atoms with Gasteiger partial charge in [0.1, 0.15) is 0 Å². The number of hydrogen-bond donors (Lipinski definition) is 2. The number of hydrogen-bond acceptors (Lipinski definition) is 5. The summed E-state index contributed by atoms with van der Waals surface area (Å²) in [5.74, 6) is 0. The fraction of sp³-hybridized carbons (Fsp3) is 1.00. The molecular weight excluding hydrogens is 232 g/mol. The Morgan fingerprint density at radius 3 is 2.89 bits per heavy atom. The van der Waals surface area contributed by atoms with E-state index in [4.69, 9.17) is 9.47 Å². The van der Waals surface area contributed by atoms with Crippen LogP contribution in [-0.2, 0) is 9.47 Å². The second-order valence-corrected chi connectivity index (χ2v) is 5.18. The Morgan fingerprint density at radius 1 is 1.44 bits per heavy atom. The molecule has 0 aromatic carbocycles. The lowest BCUT2D eigenvalue weighted by molar-refractivity contribution is 0.0117. The Balaban J connectivity index is 2.05. The van der Waals surface area contributed by atoms with E-state index in [-0.39, 0.29) is 0 Å². The van der Waals surface area contributed by atoms with Crippen molar-refractivity contribution in [3.63, 3.8) is 0 Å². The molecule has 1 aliphatic rings. The summed E-state index contributed by atoms with van der Waals surface area (Å²) in [6.45, 7) is 5.47. The molecule has 3 atom stereocenters. The Labute approximate surface area is 110 Å². The first-order chi connectivity index (χ1) is 8.63. The number of rotatable bonds is 8. The van der Waals surface area contributed by atoms with Gasteiger partial charge in [-0.3, -0.25) is 0 Å². The second-order valence-electron chi connectivity index (χ2n) is 5.18. The van der Waals surface area contributed by atoms with Crippen molar-refractivity contribution in [1.29, 1.82) is 0 Å². The van der Waals surface area contributed by atoms with E-state index in [1.807, 2.05) is 0 Å². The Bertz CT molecular complexity index is 216. The standard InChI is InChI=1S/C13H28N2O3/c1-11-8-12(4-5-15(11)2)14-9-13(16)10-18-7-6-17-3/h11-14,16H,4-10H2,1-3H3. The molecule has 1 fully saturated rings. The van der Waals surface area contributed by atoms with Crippen LogP contribution in [0.2, 0.25) is 0 Å². The van der Waals surface area contributed by atoms with Crippen LogP contribution in [0, 0.1) is 0 Å². The van der Waals surface area contributed by atoms with Gasteiger partial charge >= 0.3 is 0 Å². The molecule has 18 heavy (non-hydrogen) atoms. The molecule has 108 valence electrons. The first-order valence-corrected chi connectivity index (χ1v) is 6.81. The van der Waals surface area contributed by atoms with Crippen LogP contribution in [0.3, 0.4) is 0 Å². The molecule has 5 nitrogen and oxygen atoms in total. The van der Waals surface area contributed by atoms with Crippen molar-refractivity contribution in [3.05, 3.63) is 0 Å². The minimum atomic E-state index is -0.434. The molecule has 0 aromatic heterocycles. The fourth-order valence-corrected chi connectivity index (χ4v) is 2.20. The number of nitrogens with zero attached hydrogens (tertiary/aromatic N) is 1. The van der Waals surface area contributed by atoms with Crippen LogP contribution in [0.4, 0.5) is 0 Å². The number of nitrogens with one attached hydrogen (secondary N) is 1. The van der Waals surface area contributed by atoms with Gasteiger partial charge in [-0.2, -0.15) is 0 Å². The van der Waals surface area contributed by atoms with Gasteiger partial charge in [-0.05, 0) is 33.4 Å². The van der Waals surface area contributed by atoms with Gasteiger partial charge in [-0.15, -0.1) is 0 Å². The van der Waals surface area contributed by atoms with Gasteiger partial charge in [0, 0.05) is 25.7 Å². The predicted octanol–water partition coefficient (Wildman–Crippen LogP) is 0.0826. The third kappa shape index (κ3) is 6.11. The molecule has 5 heteroatoms. The SMILES string of the molecule is COCCOCC(O)CNC1CCN(C)C(C)C1. The number of likely N-dealkylation sites (tertiary alicyclic amines) is 1. The predicted molar refractivity (Wildman–Crippen MR) is 71.8 cm³/mol. The number of aliphatic hydroxyl groups is 1. The minimum absolute atomic E-state index is 0.374. The third-order valence-corrected chi connectivity index (χ3v) is 3.59. The first-order valence-electron chi connectivity index (χ1n) is 6.81. The summed E-state index contributed by atoms with van der Waals surface area (Å²) >= 11 is 0. The number of ether oxygens (including phenoxy) is 2. The maximum atomic E-state index is 9.76. The lowest BCUT2D eigenvalue weighted by Crippen LogP contribution is -2.47. The van der Waals surface area contributed by atoms with E-state index in [0.29, 0.717) is 38.4 Å². The Kier molecular flexibility index (Phi) is 7.77. The van der Waals surface area contributed by atoms with E-state index in [1.54, 1.807) is 7.11 Å². The maximum absolute atomic E-state index is 9.76. The molecular formula is C13H28N2O3. The highest BCUT2D eigenvalue weighted by Crippen LogP contribution is 2.14. The molecule has 2 N–H and O–H groups in total. The highest BCUT2D eigenvalue weighted by molar-refractivity contribution is 4.81. The van der Waals surface area contributed by atoms with E-state index < -0.39 is 6.10 Å². The molecule has 0 aromatic rings. The molecule has 1 rings (SSSR count). The van der Waals surface area contributed by atoms with Crippen molar-refractivity contribution in [2.45, 2.75) is 38.0 Å². The van der Waals surface area contributed by atoms with Gasteiger partial charge in [0.05, 0.1) is 25.9 Å². The van der Waals surface area contributed by atoms with E-state index in [1.165, 1.54) is 0 Å². The largest absolute Gasteiger partial charge is 0.389 e. The first kappa shape index (κ1) is 15.9. The summed E-state index contributed by atoms with van der Waals surface area (Å²) in [4.78, 5) is 2.38. The van der Waals surface area contributed by atoms with Gasteiger partial charge in [-0.25, -0.2) is 0 Å². The normalized spacial score (nSPS) is 27.3. The van der Waals surface area contributed by atoms with Gasteiger partial charge in [0.2, 0.25) is 0 Å². The molecule has 3 unspecified atom stereocenters. The number of methoxy groups -OCH3 is 1. The summed E-state index contributed by atoms with van der Waals surface area (Å²) in [5, 5.41) is 13.2. The summed E-state index contributed by atoms with van der Waals surface area (Å²) in [5.41, 5.74) is 0. The quantitative estimate of drug-likeness (QED) is 0.606. The summed E-state index contributed by atoms with van der Waals surface area (Å²) in [6, 6.07) is 1.14. The molecule has 0 bridgehead atoms. The molecule has 0 aliphatic carbocycles. The highest BCUT2D eigenvalue weighted by atomic mass is 16.5. The zero-order valence-corrected chi connectivity index (χ0v) is 11.9. The lowest BCUT2D eigenvalue weighted by atomic mass is 9.99. The average molecular weight is 260 g/mol. The van der Waals surface area contributed by atoms with Crippen LogP contribution < -0.4 is 5.32 Å². The van der Waals surface area contributed by atoms with E-state index in [0.717, 1.165) is 19.4 Å². The summed E-state index contributed by atoms with van der Waals surface area (Å²) in [7, 11) is 3.81. The monoisotopic (exact) mass is 260 g/mol. The highest BCUT2D eigenvalue weighted by Gasteiger charge is 2.22. The molecule has 0 saturated carbocycles. The summed E-state index contributed by atoms with van der Waals surface area (Å²) in [6.07, 6.45) is 1.86. The molecule has 0 amide bonds. The molecule has 1 aliphatic heterocycles. The van der Waals surface area contributed by atoms with Crippen molar-refractivity contribution in [2.24, 2.45) is 0 Å². The van der Waals surface area contributed by atoms with Crippen LogP contribution in [0.25, 0.3) is 0 Å². The lowest BCUT2D eigenvalue weighted by Gasteiger charge is -2.35.